The lowest BCUT2D eigenvalue weighted by atomic mass is 10.1. The van der Waals surface area contributed by atoms with Crippen LogP contribution in [-0.4, -0.2) is 29.4 Å². The molecule has 0 aliphatic carbocycles. The second-order valence-corrected chi connectivity index (χ2v) is 5.96. The zero-order valence-electron chi connectivity index (χ0n) is 15.6. The number of aromatic nitrogens is 1. The maximum atomic E-state index is 12.7. The van der Waals surface area contributed by atoms with E-state index in [0.717, 1.165) is 5.56 Å². The molecular weight excluding hydrogens is 334 g/mol. The summed E-state index contributed by atoms with van der Waals surface area (Å²) >= 11 is 0. The molecule has 1 heterocycles. The lowest BCUT2D eigenvalue weighted by Gasteiger charge is -2.12. The average Bonchev–Trinajstić information content (AvgIpc) is 2.86. The summed E-state index contributed by atoms with van der Waals surface area (Å²) in [5.74, 6) is -1.02. The topological polar surface area (TPSA) is 100 Å². The number of hydrogen-bond acceptors (Lipinski definition) is 4. The van der Waals surface area contributed by atoms with Crippen LogP contribution in [-0.2, 0) is 9.53 Å². The average molecular weight is 357 g/mol. The van der Waals surface area contributed by atoms with Crippen molar-refractivity contribution in [2.75, 3.05) is 17.2 Å². The fraction of sp³-hybridized carbons (Fsp3) is 0.316. The SMILES string of the molecule is CCOC(=O)c1c(C)[nH]c(C(=O)Nc2cccc(NC(C)=O)c2C)c1C. The maximum Gasteiger partial charge on any atom is 0.340 e. The molecule has 1 aromatic carbocycles. The molecule has 0 fully saturated rings. The smallest absolute Gasteiger partial charge is 0.340 e. The van der Waals surface area contributed by atoms with Gasteiger partial charge in [0.05, 0.1) is 12.2 Å². The summed E-state index contributed by atoms with van der Waals surface area (Å²) in [7, 11) is 0. The largest absolute Gasteiger partial charge is 0.462 e. The van der Waals surface area contributed by atoms with Crippen LogP contribution in [0.4, 0.5) is 11.4 Å². The van der Waals surface area contributed by atoms with Crippen molar-refractivity contribution in [2.24, 2.45) is 0 Å². The highest BCUT2D eigenvalue weighted by molar-refractivity contribution is 6.07. The van der Waals surface area contributed by atoms with Crippen molar-refractivity contribution in [3.05, 3.63) is 46.3 Å². The number of esters is 1. The minimum absolute atomic E-state index is 0.188. The fourth-order valence-corrected chi connectivity index (χ4v) is 2.77. The molecule has 0 spiro atoms. The van der Waals surface area contributed by atoms with Gasteiger partial charge in [0, 0.05) is 24.0 Å². The van der Waals surface area contributed by atoms with Gasteiger partial charge in [0.2, 0.25) is 5.91 Å². The van der Waals surface area contributed by atoms with Crippen LogP contribution in [0, 0.1) is 20.8 Å². The molecule has 2 amide bonds. The number of aromatic amines is 1. The number of aryl methyl sites for hydroxylation is 1. The fourth-order valence-electron chi connectivity index (χ4n) is 2.77. The van der Waals surface area contributed by atoms with Gasteiger partial charge >= 0.3 is 5.97 Å². The van der Waals surface area contributed by atoms with Gasteiger partial charge in [0.25, 0.3) is 5.91 Å². The third-order valence-electron chi connectivity index (χ3n) is 4.04. The number of carbonyl (C=O) groups excluding carboxylic acids is 3. The highest BCUT2D eigenvalue weighted by Crippen LogP contribution is 2.25. The zero-order chi connectivity index (χ0) is 19.4. The summed E-state index contributed by atoms with van der Waals surface area (Å²) in [5.41, 5.74) is 3.73. The third kappa shape index (κ3) is 3.93. The standard InChI is InChI=1S/C19H23N3O4/c1-6-26-19(25)16-11(3)17(20-12(16)4)18(24)22-15-9-7-8-14(10(15)2)21-13(5)23/h7-9,20H,6H2,1-5H3,(H,21,23)(H,22,24). The third-order valence-corrected chi connectivity index (χ3v) is 4.04. The Morgan fingerprint density at radius 2 is 1.65 bits per heavy atom. The lowest BCUT2D eigenvalue weighted by Crippen LogP contribution is -2.16. The molecule has 7 heteroatoms. The summed E-state index contributed by atoms with van der Waals surface area (Å²) in [5, 5.41) is 5.54. The van der Waals surface area contributed by atoms with Crippen molar-refractivity contribution in [1.29, 1.82) is 0 Å². The minimum Gasteiger partial charge on any atom is -0.462 e. The normalized spacial score (nSPS) is 10.3. The van der Waals surface area contributed by atoms with Crippen molar-refractivity contribution in [3.8, 4) is 0 Å². The van der Waals surface area contributed by atoms with Crippen LogP contribution >= 0.6 is 0 Å². The summed E-state index contributed by atoms with van der Waals surface area (Å²) in [4.78, 5) is 39.0. The summed E-state index contributed by atoms with van der Waals surface area (Å²) < 4.78 is 5.04. The molecule has 0 bridgehead atoms. The first-order chi connectivity index (χ1) is 12.3. The van der Waals surface area contributed by atoms with E-state index in [4.69, 9.17) is 4.74 Å². The van der Waals surface area contributed by atoms with E-state index >= 15 is 0 Å². The van der Waals surface area contributed by atoms with Crippen LogP contribution in [0.25, 0.3) is 0 Å². The molecule has 26 heavy (non-hydrogen) atoms. The molecule has 0 aliphatic heterocycles. The number of ether oxygens (including phenoxy) is 1. The van der Waals surface area contributed by atoms with E-state index in [2.05, 4.69) is 15.6 Å². The lowest BCUT2D eigenvalue weighted by molar-refractivity contribution is -0.114. The molecule has 0 saturated carbocycles. The Hall–Kier alpha value is -3.09. The second kappa shape index (κ2) is 7.86. The number of amides is 2. The Balaban J connectivity index is 2.30. The number of benzene rings is 1. The number of H-pyrrole nitrogens is 1. The Kier molecular flexibility index (Phi) is 5.82. The van der Waals surface area contributed by atoms with Crippen molar-refractivity contribution in [3.63, 3.8) is 0 Å². The van der Waals surface area contributed by atoms with Crippen molar-refractivity contribution in [1.82, 2.24) is 4.98 Å². The van der Waals surface area contributed by atoms with E-state index in [0.29, 0.717) is 33.9 Å². The molecular formula is C19H23N3O4. The molecule has 3 N–H and O–H groups in total. The molecule has 0 radical (unpaired) electrons. The minimum atomic E-state index is -0.457. The van der Waals surface area contributed by atoms with Gasteiger partial charge in [-0.25, -0.2) is 4.79 Å². The van der Waals surface area contributed by atoms with Gasteiger partial charge in [0.15, 0.2) is 0 Å². The molecule has 7 nitrogen and oxygen atoms in total. The number of rotatable bonds is 5. The summed E-state index contributed by atoms with van der Waals surface area (Å²) in [6, 6.07) is 5.25. The Bertz CT molecular complexity index is 868. The molecule has 0 aliphatic rings. The summed E-state index contributed by atoms with van der Waals surface area (Å²) in [6.45, 7) is 8.64. The van der Waals surface area contributed by atoms with Gasteiger partial charge in [-0.15, -0.1) is 0 Å². The van der Waals surface area contributed by atoms with Crippen LogP contribution in [0.5, 0.6) is 0 Å². The Morgan fingerprint density at radius 1 is 1.04 bits per heavy atom. The predicted molar refractivity (Wildman–Crippen MR) is 99.7 cm³/mol. The van der Waals surface area contributed by atoms with Crippen LogP contribution in [0.1, 0.15) is 51.5 Å². The van der Waals surface area contributed by atoms with Crippen molar-refractivity contribution in [2.45, 2.75) is 34.6 Å². The van der Waals surface area contributed by atoms with Gasteiger partial charge in [-0.05, 0) is 51.0 Å². The van der Waals surface area contributed by atoms with Crippen LogP contribution in [0.3, 0.4) is 0 Å². The van der Waals surface area contributed by atoms with E-state index in [1.165, 1.54) is 6.92 Å². The van der Waals surface area contributed by atoms with Crippen LogP contribution in [0.15, 0.2) is 18.2 Å². The number of nitrogens with one attached hydrogen (secondary N) is 3. The molecule has 138 valence electrons. The van der Waals surface area contributed by atoms with Gasteiger partial charge in [0.1, 0.15) is 5.69 Å². The monoisotopic (exact) mass is 357 g/mol. The highest BCUT2D eigenvalue weighted by atomic mass is 16.5. The zero-order valence-corrected chi connectivity index (χ0v) is 15.6. The van der Waals surface area contributed by atoms with Crippen molar-refractivity contribution < 1.29 is 19.1 Å². The van der Waals surface area contributed by atoms with Gasteiger partial charge in [-0.2, -0.15) is 0 Å². The molecule has 0 unspecified atom stereocenters. The highest BCUT2D eigenvalue weighted by Gasteiger charge is 2.23. The van der Waals surface area contributed by atoms with E-state index in [9.17, 15) is 14.4 Å². The van der Waals surface area contributed by atoms with Gasteiger partial charge in [-0.1, -0.05) is 6.07 Å². The van der Waals surface area contributed by atoms with Crippen molar-refractivity contribution >= 4 is 29.2 Å². The molecule has 2 rings (SSSR count). The quantitative estimate of drug-likeness (QED) is 0.715. The first-order valence-electron chi connectivity index (χ1n) is 8.31. The number of hydrogen-bond donors (Lipinski definition) is 3. The van der Waals surface area contributed by atoms with Gasteiger partial charge in [-0.3, -0.25) is 9.59 Å². The predicted octanol–water partition coefficient (Wildman–Crippen LogP) is 3.33. The van der Waals surface area contributed by atoms with E-state index in [1.807, 2.05) is 0 Å². The van der Waals surface area contributed by atoms with E-state index < -0.39 is 5.97 Å². The van der Waals surface area contributed by atoms with Crippen LogP contribution < -0.4 is 10.6 Å². The van der Waals surface area contributed by atoms with Crippen LogP contribution in [0.2, 0.25) is 0 Å². The van der Waals surface area contributed by atoms with E-state index in [1.54, 1.807) is 45.9 Å². The maximum absolute atomic E-state index is 12.7. The molecule has 2 aromatic rings. The van der Waals surface area contributed by atoms with Gasteiger partial charge < -0.3 is 20.4 Å². The first kappa shape index (κ1) is 19.2. The molecule has 0 atom stereocenters. The number of carbonyl (C=O) groups is 3. The Labute approximate surface area is 152 Å². The summed E-state index contributed by atoms with van der Waals surface area (Å²) in [6.07, 6.45) is 0. The molecule has 0 saturated heterocycles. The first-order valence-corrected chi connectivity index (χ1v) is 8.31. The Morgan fingerprint density at radius 3 is 2.23 bits per heavy atom. The molecule has 1 aromatic heterocycles. The van der Waals surface area contributed by atoms with E-state index in [-0.39, 0.29) is 18.4 Å². The second-order valence-electron chi connectivity index (χ2n) is 5.96. The number of anilines is 2.